The van der Waals surface area contributed by atoms with Gasteiger partial charge in [0.15, 0.2) is 0 Å². The number of thiophene rings is 1. The minimum Gasteiger partial charge on any atom is -0.549 e. The molecule has 1 aromatic carbocycles. The van der Waals surface area contributed by atoms with Gasteiger partial charge in [-0.05, 0) is 24.1 Å². The van der Waals surface area contributed by atoms with E-state index < -0.39 is 11.2 Å². The third-order valence-electron chi connectivity index (χ3n) is 3.38. The molecule has 0 aliphatic carbocycles. The van der Waals surface area contributed by atoms with Crippen LogP contribution in [0.2, 0.25) is 0 Å². The van der Waals surface area contributed by atoms with Gasteiger partial charge in [-0.15, -0.1) is 11.3 Å². The number of halogens is 1. The summed E-state index contributed by atoms with van der Waals surface area (Å²) in [7, 11) is 0. The van der Waals surface area contributed by atoms with Crippen LogP contribution in [0.25, 0.3) is 21.3 Å². The Morgan fingerprint density at radius 1 is 1.35 bits per heavy atom. The van der Waals surface area contributed by atoms with E-state index >= 15 is 0 Å². The normalized spacial score (nSPS) is 12.4. The molecule has 0 saturated carbocycles. The second-order valence-corrected chi connectivity index (χ2v) is 7.81. The number of carbonyl (C=O) groups is 1. The van der Waals surface area contributed by atoms with E-state index in [1.807, 2.05) is 36.6 Å². The van der Waals surface area contributed by atoms with E-state index in [2.05, 4.69) is 25.9 Å². The number of hydrogen-bond acceptors (Lipinski definition) is 6. The molecule has 0 aliphatic heterocycles. The largest absolute Gasteiger partial charge is 0.549 e. The standard InChI is InChI=1S/C16H13BrN2O2S2/c1-2-12(16(20)21)23-15-13-11(7-22-14(13)18-8-19-15)9-3-5-10(17)6-4-9/h3-8,12H,2H2,1H3,(H,20,21)/p-1. The van der Waals surface area contributed by atoms with Gasteiger partial charge in [0.05, 0.1) is 16.6 Å². The summed E-state index contributed by atoms with van der Waals surface area (Å²) in [6, 6.07) is 7.99. The number of thioether (sulfide) groups is 1. The molecule has 7 heteroatoms. The first-order chi connectivity index (χ1) is 11.1. The highest BCUT2D eigenvalue weighted by atomic mass is 79.9. The summed E-state index contributed by atoms with van der Waals surface area (Å²) in [6.07, 6.45) is 1.96. The van der Waals surface area contributed by atoms with Crippen LogP contribution in [0.3, 0.4) is 0 Å². The van der Waals surface area contributed by atoms with Gasteiger partial charge in [-0.1, -0.05) is 46.7 Å². The first-order valence-corrected chi connectivity index (χ1v) is 9.51. The molecule has 2 aromatic heterocycles. The Kier molecular flexibility index (Phi) is 4.99. The predicted octanol–water partition coefficient (Wildman–Crippen LogP) is 3.74. The summed E-state index contributed by atoms with van der Waals surface area (Å²) in [5.74, 6) is -1.07. The Morgan fingerprint density at radius 3 is 2.74 bits per heavy atom. The van der Waals surface area contributed by atoms with Gasteiger partial charge >= 0.3 is 0 Å². The molecule has 3 rings (SSSR count). The molecule has 23 heavy (non-hydrogen) atoms. The molecule has 0 aliphatic rings. The Bertz CT molecular complexity index is 849. The van der Waals surface area contributed by atoms with Crippen molar-refractivity contribution in [1.82, 2.24) is 9.97 Å². The van der Waals surface area contributed by atoms with Gasteiger partial charge in [-0.25, -0.2) is 9.97 Å². The molecule has 1 atom stereocenters. The summed E-state index contributed by atoms with van der Waals surface area (Å²) in [5.41, 5.74) is 2.08. The molecule has 1 unspecified atom stereocenters. The average Bonchev–Trinajstić information content (AvgIpc) is 2.98. The number of carboxylic acids is 1. The van der Waals surface area contributed by atoms with E-state index in [-0.39, 0.29) is 0 Å². The Hall–Kier alpha value is -1.44. The number of hydrogen-bond donors (Lipinski definition) is 0. The van der Waals surface area contributed by atoms with Crippen LogP contribution >= 0.6 is 39.0 Å². The minimum absolute atomic E-state index is 0.482. The van der Waals surface area contributed by atoms with E-state index in [1.165, 1.54) is 29.4 Å². The molecular weight excluding hydrogens is 396 g/mol. The molecule has 0 fully saturated rings. The number of aromatic nitrogens is 2. The van der Waals surface area contributed by atoms with Crippen LogP contribution in [-0.2, 0) is 4.79 Å². The van der Waals surface area contributed by atoms with Crippen molar-refractivity contribution in [3.05, 3.63) is 40.4 Å². The lowest BCUT2D eigenvalue weighted by Gasteiger charge is -2.15. The van der Waals surface area contributed by atoms with E-state index in [4.69, 9.17) is 0 Å². The van der Waals surface area contributed by atoms with Crippen LogP contribution in [0.1, 0.15) is 13.3 Å². The molecule has 0 saturated heterocycles. The highest BCUT2D eigenvalue weighted by Crippen LogP contribution is 2.39. The van der Waals surface area contributed by atoms with E-state index in [1.54, 1.807) is 0 Å². The lowest BCUT2D eigenvalue weighted by molar-refractivity contribution is -0.304. The lowest BCUT2D eigenvalue weighted by Crippen LogP contribution is -2.33. The maximum atomic E-state index is 11.2. The minimum atomic E-state index is -1.07. The SMILES string of the molecule is CCC(Sc1ncnc2scc(-c3ccc(Br)cc3)c12)C(=O)[O-]. The zero-order chi connectivity index (χ0) is 16.4. The number of carbonyl (C=O) groups excluding carboxylic acids is 1. The fourth-order valence-corrected chi connectivity index (χ4v) is 4.42. The number of benzene rings is 1. The van der Waals surface area contributed by atoms with Crippen molar-refractivity contribution in [3.8, 4) is 11.1 Å². The van der Waals surface area contributed by atoms with Crippen LogP contribution in [0.4, 0.5) is 0 Å². The molecular formula is C16H12BrN2O2S2-. The predicted molar refractivity (Wildman–Crippen MR) is 95.5 cm³/mol. The molecule has 3 aromatic rings. The Balaban J connectivity index is 2.10. The maximum absolute atomic E-state index is 11.2. The van der Waals surface area contributed by atoms with Gasteiger partial charge in [0.2, 0.25) is 0 Å². The first-order valence-electron chi connectivity index (χ1n) is 6.95. The molecule has 2 heterocycles. The quantitative estimate of drug-likeness (QED) is 0.475. The summed E-state index contributed by atoms with van der Waals surface area (Å²) in [6.45, 7) is 1.83. The molecule has 0 bridgehead atoms. The third kappa shape index (κ3) is 3.41. The van der Waals surface area contributed by atoms with Crippen molar-refractivity contribution < 1.29 is 9.90 Å². The molecule has 118 valence electrons. The zero-order valence-electron chi connectivity index (χ0n) is 12.2. The van der Waals surface area contributed by atoms with Crippen molar-refractivity contribution >= 4 is 55.2 Å². The monoisotopic (exact) mass is 407 g/mol. The van der Waals surface area contributed by atoms with Gasteiger partial charge in [-0.3, -0.25) is 0 Å². The number of nitrogens with zero attached hydrogens (tertiary/aromatic N) is 2. The van der Waals surface area contributed by atoms with Crippen LogP contribution in [0, 0.1) is 0 Å². The fraction of sp³-hybridized carbons (Fsp3) is 0.188. The highest BCUT2D eigenvalue weighted by molar-refractivity contribution is 9.10. The van der Waals surface area contributed by atoms with Crippen LogP contribution in [-0.4, -0.2) is 21.2 Å². The van der Waals surface area contributed by atoms with Crippen LogP contribution in [0.5, 0.6) is 0 Å². The highest BCUT2D eigenvalue weighted by Gasteiger charge is 2.17. The van der Waals surface area contributed by atoms with Crippen LogP contribution in [0.15, 0.2) is 45.5 Å². The summed E-state index contributed by atoms with van der Waals surface area (Å²) in [4.78, 5) is 20.7. The van der Waals surface area contributed by atoms with Gasteiger partial charge < -0.3 is 9.90 Å². The third-order valence-corrected chi connectivity index (χ3v) is 6.14. The number of rotatable bonds is 5. The van der Waals surface area contributed by atoms with Crippen molar-refractivity contribution in [1.29, 1.82) is 0 Å². The molecule has 0 radical (unpaired) electrons. The smallest absolute Gasteiger partial charge is 0.128 e. The van der Waals surface area contributed by atoms with Crippen molar-refractivity contribution in [2.45, 2.75) is 23.6 Å². The molecule has 0 amide bonds. The van der Waals surface area contributed by atoms with Crippen LogP contribution < -0.4 is 5.11 Å². The zero-order valence-corrected chi connectivity index (χ0v) is 15.4. The van der Waals surface area contributed by atoms with E-state index in [9.17, 15) is 9.90 Å². The van der Waals surface area contributed by atoms with Gasteiger partial charge in [-0.2, -0.15) is 0 Å². The Morgan fingerprint density at radius 2 is 2.09 bits per heavy atom. The fourth-order valence-electron chi connectivity index (χ4n) is 2.21. The Labute approximate surface area is 150 Å². The maximum Gasteiger partial charge on any atom is 0.128 e. The van der Waals surface area contributed by atoms with Crippen molar-refractivity contribution in [2.75, 3.05) is 0 Å². The van der Waals surface area contributed by atoms with Gasteiger partial charge in [0.1, 0.15) is 16.2 Å². The van der Waals surface area contributed by atoms with Crippen molar-refractivity contribution in [3.63, 3.8) is 0 Å². The topological polar surface area (TPSA) is 65.9 Å². The lowest BCUT2D eigenvalue weighted by atomic mass is 10.1. The van der Waals surface area contributed by atoms with E-state index in [0.717, 1.165) is 25.8 Å². The molecule has 4 nitrogen and oxygen atoms in total. The average molecular weight is 408 g/mol. The molecule has 0 spiro atoms. The number of fused-ring (bicyclic) bond motifs is 1. The number of aliphatic carboxylic acids is 1. The number of carboxylic acid groups (broad SMARTS) is 1. The summed E-state index contributed by atoms with van der Waals surface area (Å²) in [5, 5.41) is 14.2. The van der Waals surface area contributed by atoms with Crippen molar-refractivity contribution in [2.24, 2.45) is 0 Å². The summed E-state index contributed by atoms with van der Waals surface area (Å²) >= 11 is 6.19. The summed E-state index contributed by atoms with van der Waals surface area (Å²) < 4.78 is 1.01. The second kappa shape index (κ2) is 6.98. The second-order valence-electron chi connectivity index (χ2n) is 4.85. The van der Waals surface area contributed by atoms with Gasteiger partial charge in [0.25, 0.3) is 0 Å². The van der Waals surface area contributed by atoms with E-state index in [0.29, 0.717) is 11.4 Å². The molecule has 0 N–H and O–H groups in total. The first kappa shape index (κ1) is 16.4. The van der Waals surface area contributed by atoms with Gasteiger partial charge in [0, 0.05) is 15.4 Å².